The Bertz CT molecular complexity index is 772. The molecule has 3 rings (SSSR count). The van der Waals surface area contributed by atoms with Crippen LogP contribution in [0.2, 0.25) is 0 Å². The van der Waals surface area contributed by atoms with Gasteiger partial charge in [0.1, 0.15) is 5.69 Å². The lowest BCUT2D eigenvalue weighted by Gasteiger charge is -2.04. The summed E-state index contributed by atoms with van der Waals surface area (Å²) in [6, 6.07) is 18.1. The number of aromatic nitrogens is 1. The first-order valence-electron chi connectivity index (χ1n) is 6.58. The first-order chi connectivity index (χ1) is 9.68. The number of carbonyl (C=O) groups excluding carboxylic acids is 1. The number of aryl methyl sites for hydroxylation is 1. The lowest BCUT2D eigenvalue weighted by Crippen LogP contribution is -2.17. The summed E-state index contributed by atoms with van der Waals surface area (Å²) >= 11 is 0. The molecule has 0 saturated carbocycles. The maximum atomic E-state index is 11.8. The lowest BCUT2D eigenvalue weighted by atomic mass is 10.0. The second-order valence-electron chi connectivity index (χ2n) is 4.93. The number of nitrogens with zero attached hydrogens (tertiary/aromatic N) is 1. The first kappa shape index (κ1) is 12.5. The van der Waals surface area contributed by atoms with Crippen LogP contribution < -0.4 is 5.73 Å². The largest absolute Gasteiger partial charge is 0.364 e. The van der Waals surface area contributed by atoms with E-state index in [2.05, 4.69) is 12.1 Å². The molecular formula is C17H16N2O. The van der Waals surface area contributed by atoms with E-state index in [-0.39, 0.29) is 5.91 Å². The van der Waals surface area contributed by atoms with Gasteiger partial charge in [-0.25, -0.2) is 0 Å². The molecule has 0 aliphatic rings. The van der Waals surface area contributed by atoms with Gasteiger partial charge in [0.25, 0.3) is 5.91 Å². The Morgan fingerprint density at radius 2 is 1.70 bits per heavy atom. The third-order valence-corrected chi connectivity index (χ3v) is 3.67. The fourth-order valence-corrected chi connectivity index (χ4v) is 2.76. The van der Waals surface area contributed by atoms with Crippen LogP contribution in [0.25, 0.3) is 10.9 Å². The molecule has 3 nitrogen and oxygen atoms in total. The lowest BCUT2D eigenvalue weighted by molar-refractivity contribution is 0.0992. The minimum atomic E-state index is -0.380. The Kier molecular flexibility index (Phi) is 3.03. The fraction of sp³-hybridized carbons (Fsp3) is 0.118. The molecule has 20 heavy (non-hydrogen) atoms. The van der Waals surface area contributed by atoms with E-state index < -0.39 is 0 Å². The highest BCUT2D eigenvalue weighted by Gasteiger charge is 2.18. The number of carbonyl (C=O) groups is 1. The molecule has 2 aromatic carbocycles. The molecule has 3 heteroatoms. The van der Waals surface area contributed by atoms with Gasteiger partial charge in [0, 0.05) is 24.4 Å². The van der Waals surface area contributed by atoms with Crippen LogP contribution in [0.4, 0.5) is 0 Å². The summed E-state index contributed by atoms with van der Waals surface area (Å²) in [4.78, 5) is 11.8. The standard InChI is InChI=1S/C17H16N2O/c1-19-15-10-6-5-9-13(15)14(16(19)17(18)20)11-12-7-3-2-4-8-12/h2-10H,11H2,1H3,(H2,18,20). The van der Waals surface area contributed by atoms with Crippen LogP contribution >= 0.6 is 0 Å². The number of hydrogen-bond acceptors (Lipinski definition) is 1. The molecular weight excluding hydrogens is 248 g/mol. The van der Waals surface area contributed by atoms with Crippen molar-refractivity contribution in [3.8, 4) is 0 Å². The van der Waals surface area contributed by atoms with Crippen LogP contribution in [0.3, 0.4) is 0 Å². The van der Waals surface area contributed by atoms with E-state index in [1.54, 1.807) is 0 Å². The Morgan fingerprint density at radius 1 is 1.05 bits per heavy atom. The monoisotopic (exact) mass is 264 g/mol. The highest BCUT2D eigenvalue weighted by molar-refractivity contribution is 6.01. The van der Waals surface area contributed by atoms with Crippen molar-refractivity contribution >= 4 is 16.8 Å². The van der Waals surface area contributed by atoms with Crippen molar-refractivity contribution in [1.29, 1.82) is 0 Å². The molecule has 0 aliphatic heterocycles. The third-order valence-electron chi connectivity index (χ3n) is 3.67. The number of hydrogen-bond donors (Lipinski definition) is 1. The summed E-state index contributed by atoms with van der Waals surface area (Å²) in [6.07, 6.45) is 0.709. The zero-order chi connectivity index (χ0) is 14.1. The molecule has 0 saturated heterocycles. The number of rotatable bonds is 3. The number of amides is 1. The Morgan fingerprint density at radius 3 is 2.40 bits per heavy atom. The van der Waals surface area contributed by atoms with Gasteiger partial charge < -0.3 is 10.3 Å². The van der Waals surface area contributed by atoms with Crippen LogP contribution in [0.5, 0.6) is 0 Å². The molecule has 0 fully saturated rings. The molecule has 0 radical (unpaired) electrons. The molecule has 0 bridgehead atoms. The maximum absolute atomic E-state index is 11.8. The van der Waals surface area contributed by atoms with Crippen molar-refractivity contribution in [2.75, 3.05) is 0 Å². The predicted molar refractivity (Wildman–Crippen MR) is 80.7 cm³/mol. The quantitative estimate of drug-likeness (QED) is 0.777. The van der Waals surface area contributed by atoms with Crippen molar-refractivity contribution in [1.82, 2.24) is 4.57 Å². The SMILES string of the molecule is Cn1c(C(N)=O)c(Cc2ccccc2)c2ccccc21. The Hall–Kier alpha value is -2.55. The molecule has 1 amide bonds. The second kappa shape index (κ2) is 4.85. The van der Waals surface area contributed by atoms with Crippen molar-refractivity contribution in [2.45, 2.75) is 6.42 Å². The zero-order valence-corrected chi connectivity index (χ0v) is 11.3. The number of primary amides is 1. The van der Waals surface area contributed by atoms with E-state index in [4.69, 9.17) is 5.73 Å². The summed E-state index contributed by atoms with van der Waals surface area (Å²) in [6.45, 7) is 0. The van der Waals surface area contributed by atoms with E-state index in [1.165, 1.54) is 5.56 Å². The average molecular weight is 264 g/mol. The van der Waals surface area contributed by atoms with Crippen molar-refractivity contribution < 1.29 is 4.79 Å². The first-order valence-corrected chi connectivity index (χ1v) is 6.58. The molecule has 1 aromatic heterocycles. The van der Waals surface area contributed by atoms with E-state index in [0.29, 0.717) is 12.1 Å². The van der Waals surface area contributed by atoms with Gasteiger partial charge >= 0.3 is 0 Å². The minimum Gasteiger partial charge on any atom is -0.364 e. The Balaban J connectivity index is 2.22. The van der Waals surface area contributed by atoms with Gasteiger partial charge in [-0.3, -0.25) is 4.79 Å². The molecule has 3 aromatic rings. The number of nitrogens with two attached hydrogens (primary N) is 1. The van der Waals surface area contributed by atoms with Crippen LogP contribution in [-0.2, 0) is 13.5 Å². The number of para-hydroxylation sites is 1. The van der Waals surface area contributed by atoms with Gasteiger partial charge in [-0.1, -0.05) is 48.5 Å². The van der Waals surface area contributed by atoms with Crippen molar-refractivity contribution in [3.63, 3.8) is 0 Å². The van der Waals surface area contributed by atoms with Crippen LogP contribution in [-0.4, -0.2) is 10.5 Å². The molecule has 0 atom stereocenters. The van der Waals surface area contributed by atoms with Crippen molar-refractivity contribution in [2.24, 2.45) is 12.8 Å². The van der Waals surface area contributed by atoms with Gasteiger partial charge in [0.15, 0.2) is 0 Å². The fourth-order valence-electron chi connectivity index (χ4n) is 2.76. The predicted octanol–water partition coefficient (Wildman–Crippen LogP) is 2.87. The molecule has 2 N–H and O–H groups in total. The third kappa shape index (κ3) is 1.97. The number of benzene rings is 2. The summed E-state index contributed by atoms with van der Waals surface area (Å²) < 4.78 is 1.88. The van der Waals surface area contributed by atoms with Crippen LogP contribution in [0.15, 0.2) is 54.6 Å². The van der Waals surface area contributed by atoms with Crippen molar-refractivity contribution in [3.05, 3.63) is 71.4 Å². The van der Waals surface area contributed by atoms with Gasteiger partial charge in [0.2, 0.25) is 0 Å². The molecule has 0 aliphatic carbocycles. The highest BCUT2D eigenvalue weighted by Crippen LogP contribution is 2.27. The van der Waals surface area contributed by atoms with Crippen LogP contribution in [0.1, 0.15) is 21.6 Å². The van der Waals surface area contributed by atoms with Gasteiger partial charge in [-0.2, -0.15) is 0 Å². The van der Waals surface area contributed by atoms with Gasteiger partial charge in [-0.15, -0.1) is 0 Å². The average Bonchev–Trinajstić information content (AvgIpc) is 2.74. The minimum absolute atomic E-state index is 0.380. The molecule has 0 spiro atoms. The van der Waals surface area contributed by atoms with E-state index >= 15 is 0 Å². The van der Waals surface area contributed by atoms with E-state index in [0.717, 1.165) is 16.5 Å². The summed E-state index contributed by atoms with van der Waals surface area (Å²) in [7, 11) is 1.89. The molecule has 0 unspecified atom stereocenters. The number of fused-ring (bicyclic) bond motifs is 1. The van der Waals surface area contributed by atoms with Gasteiger partial charge in [0.05, 0.1) is 0 Å². The van der Waals surface area contributed by atoms with Crippen LogP contribution in [0, 0.1) is 0 Å². The summed E-state index contributed by atoms with van der Waals surface area (Å²) in [5, 5.41) is 1.09. The zero-order valence-electron chi connectivity index (χ0n) is 11.3. The smallest absolute Gasteiger partial charge is 0.265 e. The topological polar surface area (TPSA) is 48.0 Å². The Labute approximate surface area is 117 Å². The summed E-state index contributed by atoms with van der Waals surface area (Å²) in [5.41, 5.74) is 9.37. The normalized spacial score (nSPS) is 10.8. The second-order valence-corrected chi connectivity index (χ2v) is 4.93. The maximum Gasteiger partial charge on any atom is 0.265 e. The van der Waals surface area contributed by atoms with E-state index in [9.17, 15) is 4.79 Å². The molecule has 100 valence electrons. The highest BCUT2D eigenvalue weighted by atomic mass is 16.1. The summed E-state index contributed by atoms with van der Waals surface area (Å²) in [5.74, 6) is -0.380. The van der Waals surface area contributed by atoms with E-state index in [1.807, 2.05) is 54.1 Å². The molecule has 1 heterocycles. The van der Waals surface area contributed by atoms with Gasteiger partial charge in [-0.05, 0) is 17.2 Å².